The van der Waals surface area contributed by atoms with E-state index in [2.05, 4.69) is 20.6 Å². The minimum Gasteiger partial charge on any atom is -0.373 e. The van der Waals surface area contributed by atoms with Crippen LogP contribution in [0.5, 0.6) is 0 Å². The third-order valence-corrected chi connectivity index (χ3v) is 2.88. The van der Waals surface area contributed by atoms with Gasteiger partial charge in [-0.2, -0.15) is 0 Å². The van der Waals surface area contributed by atoms with Crippen molar-refractivity contribution in [2.45, 2.75) is 20.3 Å². The van der Waals surface area contributed by atoms with Crippen molar-refractivity contribution in [3.05, 3.63) is 41.2 Å². The molecule has 0 spiro atoms. The number of hydrogen-bond acceptors (Lipinski definition) is 4. The van der Waals surface area contributed by atoms with Crippen molar-refractivity contribution in [3.63, 3.8) is 0 Å². The van der Waals surface area contributed by atoms with Gasteiger partial charge in [0.25, 0.3) is 0 Å². The summed E-state index contributed by atoms with van der Waals surface area (Å²) in [7, 11) is 1.72. The lowest BCUT2D eigenvalue weighted by atomic mass is 10.2. The van der Waals surface area contributed by atoms with Crippen LogP contribution in [0.15, 0.2) is 18.2 Å². The van der Waals surface area contributed by atoms with Crippen LogP contribution in [-0.4, -0.2) is 17.0 Å². The van der Waals surface area contributed by atoms with Gasteiger partial charge in [0.1, 0.15) is 29.0 Å². The molecule has 0 fully saturated rings. The van der Waals surface area contributed by atoms with E-state index in [9.17, 15) is 8.78 Å². The summed E-state index contributed by atoms with van der Waals surface area (Å²) >= 11 is 0. The number of hydrogen-bond donors (Lipinski definition) is 2. The van der Waals surface area contributed by atoms with Crippen LogP contribution in [0.4, 0.5) is 26.1 Å². The molecule has 0 atom stereocenters. The van der Waals surface area contributed by atoms with Gasteiger partial charge in [-0.05, 0) is 18.6 Å². The van der Waals surface area contributed by atoms with Crippen LogP contribution in [0.25, 0.3) is 0 Å². The highest BCUT2D eigenvalue weighted by Gasteiger charge is 2.13. The van der Waals surface area contributed by atoms with E-state index < -0.39 is 11.6 Å². The van der Waals surface area contributed by atoms with Gasteiger partial charge in [0.15, 0.2) is 5.82 Å². The Hall–Kier alpha value is -2.24. The molecule has 0 aliphatic heterocycles. The van der Waals surface area contributed by atoms with Crippen molar-refractivity contribution in [2.24, 2.45) is 0 Å². The summed E-state index contributed by atoms with van der Waals surface area (Å²) in [6.45, 7) is 3.49. The average molecular weight is 278 g/mol. The topological polar surface area (TPSA) is 49.8 Å². The third kappa shape index (κ3) is 2.84. The molecule has 2 aromatic rings. The Morgan fingerprint density at radius 1 is 1.15 bits per heavy atom. The van der Waals surface area contributed by atoms with Gasteiger partial charge in [-0.15, -0.1) is 0 Å². The maximum Gasteiger partial charge on any atom is 0.152 e. The van der Waals surface area contributed by atoms with Crippen LogP contribution < -0.4 is 10.6 Å². The second kappa shape index (κ2) is 5.81. The largest absolute Gasteiger partial charge is 0.373 e. The maximum absolute atomic E-state index is 14.0. The number of benzene rings is 1. The number of aromatic nitrogens is 2. The van der Waals surface area contributed by atoms with Crippen molar-refractivity contribution in [2.75, 3.05) is 17.7 Å². The fourth-order valence-corrected chi connectivity index (χ4v) is 1.75. The fourth-order valence-electron chi connectivity index (χ4n) is 1.75. The summed E-state index contributed by atoms with van der Waals surface area (Å²) < 4.78 is 27.7. The van der Waals surface area contributed by atoms with Crippen molar-refractivity contribution in [1.29, 1.82) is 0 Å². The standard InChI is InChI=1S/C14H16F2N4/c1-4-10-18-11(17-3)7-12(19-10)20-14-9(15)6-5-8(2)13(14)16/h5-7H,4H2,1-3H3,(H2,17,18,19,20). The second-order valence-corrected chi connectivity index (χ2v) is 4.34. The molecule has 0 saturated carbocycles. The van der Waals surface area contributed by atoms with Gasteiger partial charge in [-0.25, -0.2) is 18.7 Å². The molecule has 0 radical (unpaired) electrons. The van der Waals surface area contributed by atoms with Crippen LogP contribution in [-0.2, 0) is 6.42 Å². The van der Waals surface area contributed by atoms with E-state index in [1.54, 1.807) is 20.0 Å². The Morgan fingerprint density at radius 2 is 1.85 bits per heavy atom. The SMILES string of the molecule is CCc1nc(NC)cc(Nc2c(F)ccc(C)c2F)n1. The van der Waals surface area contributed by atoms with Crippen molar-refractivity contribution in [3.8, 4) is 0 Å². The Balaban J connectivity index is 2.42. The molecule has 1 aromatic heterocycles. The minimum atomic E-state index is -0.657. The number of halogens is 2. The molecule has 0 saturated heterocycles. The van der Waals surface area contributed by atoms with Crippen molar-refractivity contribution in [1.82, 2.24) is 9.97 Å². The van der Waals surface area contributed by atoms with Gasteiger partial charge in [0.05, 0.1) is 0 Å². The lowest BCUT2D eigenvalue weighted by Crippen LogP contribution is -2.05. The average Bonchev–Trinajstić information content (AvgIpc) is 2.47. The normalized spacial score (nSPS) is 10.4. The van der Waals surface area contributed by atoms with Crippen LogP contribution in [0.1, 0.15) is 18.3 Å². The van der Waals surface area contributed by atoms with Gasteiger partial charge < -0.3 is 10.6 Å². The van der Waals surface area contributed by atoms with E-state index in [0.29, 0.717) is 29.4 Å². The molecule has 0 bridgehead atoms. The lowest BCUT2D eigenvalue weighted by Gasteiger charge is -2.11. The molecule has 4 nitrogen and oxygen atoms in total. The molecule has 20 heavy (non-hydrogen) atoms. The molecule has 2 rings (SSSR count). The summed E-state index contributed by atoms with van der Waals surface area (Å²) in [5.41, 5.74) is 0.167. The predicted octanol–water partition coefficient (Wildman–Crippen LogP) is 3.41. The van der Waals surface area contributed by atoms with E-state index in [-0.39, 0.29) is 5.69 Å². The summed E-state index contributed by atoms with van der Waals surface area (Å²) in [5.74, 6) is 0.258. The molecule has 1 heterocycles. The zero-order valence-electron chi connectivity index (χ0n) is 11.6. The highest BCUT2D eigenvalue weighted by molar-refractivity contribution is 5.61. The third-order valence-electron chi connectivity index (χ3n) is 2.88. The molecule has 0 amide bonds. The second-order valence-electron chi connectivity index (χ2n) is 4.34. The number of nitrogens with one attached hydrogen (secondary N) is 2. The highest BCUT2D eigenvalue weighted by Crippen LogP contribution is 2.25. The smallest absolute Gasteiger partial charge is 0.152 e. The summed E-state index contributed by atoms with van der Waals surface area (Å²) in [6.07, 6.45) is 0.628. The van der Waals surface area contributed by atoms with Gasteiger partial charge >= 0.3 is 0 Å². The van der Waals surface area contributed by atoms with Crippen LogP contribution >= 0.6 is 0 Å². The molecule has 1 aromatic carbocycles. The van der Waals surface area contributed by atoms with Crippen LogP contribution in [0, 0.1) is 18.6 Å². The van der Waals surface area contributed by atoms with E-state index in [1.807, 2.05) is 6.92 Å². The van der Waals surface area contributed by atoms with E-state index in [4.69, 9.17) is 0 Å². The number of rotatable bonds is 4. The Kier molecular flexibility index (Phi) is 4.12. The summed E-state index contributed by atoms with van der Waals surface area (Å²) in [5, 5.41) is 5.58. The first-order valence-electron chi connectivity index (χ1n) is 6.32. The maximum atomic E-state index is 14.0. The van der Waals surface area contributed by atoms with Gasteiger partial charge in [-0.1, -0.05) is 13.0 Å². The molecule has 0 aliphatic rings. The van der Waals surface area contributed by atoms with Gasteiger partial charge in [-0.3, -0.25) is 0 Å². The first kappa shape index (κ1) is 14.2. The Labute approximate surface area is 116 Å². The minimum absolute atomic E-state index is 0.201. The molecule has 0 unspecified atom stereocenters. The fraction of sp³-hybridized carbons (Fsp3) is 0.286. The van der Waals surface area contributed by atoms with Crippen molar-refractivity contribution < 1.29 is 8.78 Å². The molecular formula is C14H16F2N4. The number of nitrogens with zero attached hydrogens (tertiary/aromatic N) is 2. The number of aryl methyl sites for hydroxylation is 2. The Morgan fingerprint density at radius 3 is 2.50 bits per heavy atom. The molecule has 0 aliphatic carbocycles. The van der Waals surface area contributed by atoms with Gasteiger partial charge in [0.2, 0.25) is 0 Å². The van der Waals surface area contributed by atoms with Crippen molar-refractivity contribution >= 4 is 17.3 Å². The zero-order chi connectivity index (χ0) is 14.7. The monoisotopic (exact) mass is 278 g/mol. The lowest BCUT2D eigenvalue weighted by molar-refractivity contribution is 0.584. The molecule has 106 valence electrons. The zero-order valence-corrected chi connectivity index (χ0v) is 11.6. The van der Waals surface area contributed by atoms with E-state index >= 15 is 0 Å². The van der Waals surface area contributed by atoms with Crippen LogP contribution in [0.2, 0.25) is 0 Å². The van der Waals surface area contributed by atoms with E-state index in [0.717, 1.165) is 0 Å². The number of anilines is 3. The summed E-state index contributed by atoms with van der Waals surface area (Å²) in [4.78, 5) is 8.44. The van der Waals surface area contributed by atoms with Crippen LogP contribution in [0.3, 0.4) is 0 Å². The Bertz CT molecular complexity index is 607. The van der Waals surface area contributed by atoms with Gasteiger partial charge in [0, 0.05) is 19.5 Å². The first-order valence-corrected chi connectivity index (χ1v) is 6.32. The first-order chi connectivity index (χ1) is 9.55. The quantitative estimate of drug-likeness (QED) is 0.899. The predicted molar refractivity (Wildman–Crippen MR) is 75.3 cm³/mol. The highest BCUT2D eigenvalue weighted by atomic mass is 19.1. The molecular weight excluding hydrogens is 262 g/mol. The summed E-state index contributed by atoms with van der Waals surface area (Å²) in [6, 6.07) is 4.22. The molecule has 6 heteroatoms. The molecule has 2 N–H and O–H groups in total. The van der Waals surface area contributed by atoms with E-state index in [1.165, 1.54) is 12.1 Å².